The molecule has 0 spiro atoms. The van der Waals surface area contributed by atoms with Gasteiger partial charge in [0.1, 0.15) is 11.3 Å². The molecule has 6 nitrogen and oxygen atoms in total. The van der Waals surface area contributed by atoms with Gasteiger partial charge in [-0.2, -0.15) is 0 Å². The minimum atomic E-state index is -1.03. The molecule has 0 unspecified atom stereocenters. The van der Waals surface area contributed by atoms with Crippen molar-refractivity contribution in [3.05, 3.63) is 46.3 Å². The molecule has 0 aliphatic heterocycles. The zero-order valence-electron chi connectivity index (χ0n) is 12.1. The Hall–Kier alpha value is -2.63. The van der Waals surface area contributed by atoms with Crippen molar-refractivity contribution in [2.75, 3.05) is 5.32 Å². The van der Waals surface area contributed by atoms with Gasteiger partial charge in [-0.1, -0.05) is 18.1 Å². The van der Waals surface area contributed by atoms with E-state index in [2.05, 4.69) is 10.5 Å². The number of nitrogens with one attached hydrogen (secondary N) is 1. The molecule has 110 valence electrons. The Kier molecular flexibility index (Phi) is 4.07. The van der Waals surface area contributed by atoms with Gasteiger partial charge in [-0.3, -0.25) is 4.79 Å². The van der Waals surface area contributed by atoms with E-state index in [4.69, 9.17) is 9.63 Å². The fourth-order valence-corrected chi connectivity index (χ4v) is 2.07. The fraction of sp³-hybridized carbons (Fsp3) is 0.267. The van der Waals surface area contributed by atoms with Gasteiger partial charge < -0.3 is 14.9 Å². The average molecular weight is 288 g/mol. The van der Waals surface area contributed by atoms with Crippen LogP contribution in [0.25, 0.3) is 0 Å². The van der Waals surface area contributed by atoms with Crippen molar-refractivity contribution in [3.63, 3.8) is 0 Å². The van der Waals surface area contributed by atoms with Crippen LogP contribution in [0.1, 0.15) is 44.7 Å². The Bertz CT molecular complexity index is 704. The van der Waals surface area contributed by atoms with Gasteiger partial charge in [0.05, 0.1) is 11.3 Å². The smallest absolute Gasteiger partial charge is 0.336 e. The highest BCUT2D eigenvalue weighted by Gasteiger charge is 2.19. The van der Waals surface area contributed by atoms with Crippen LogP contribution in [0.2, 0.25) is 0 Å². The van der Waals surface area contributed by atoms with Gasteiger partial charge >= 0.3 is 5.97 Å². The van der Waals surface area contributed by atoms with Crippen LogP contribution in [0.4, 0.5) is 5.69 Å². The summed E-state index contributed by atoms with van der Waals surface area (Å²) in [7, 11) is 0. The van der Waals surface area contributed by atoms with E-state index in [9.17, 15) is 9.59 Å². The average Bonchev–Trinajstić information content (AvgIpc) is 2.81. The number of carbonyl (C=O) groups excluding carboxylic acids is 1. The van der Waals surface area contributed by atoms with Gasteiger partial charge in [0.15, 0.2) is 0 Å². The van der Waals surface area contributed by atoms with Crippen LogP contribution < -0.4 is 5.32 Å². The highest BCUT2D eigenvalue weighted by Crippen LogP contribution is 2.19. The zero-order chi connectivity index (χ0) is 15.6. The molecule has 1 aromatic carbocycles. The number of hydrogen-bond donors (Lipinski definition) is 2. The first-order chi connectivity index (χ1) is 9.93. The molecule has 1 heterocycles. The van der Waals surface area contributed by atoms with Gasteiger partial charge in [-0.15, -0.1) is 0 Å². The number of carboxylic acids is 1. The Morgan fingerprint density at radius 2 is 2.05 bits per heavy atom. The van der Waals surface area contributed by atoms with Crippen LogP contribution in [0.5, 0.6) is 0 Å². The number of benzene rings is 1. The van der Waals surface area contributed by atoms with E-state index < -0.39 is 5.97 Å². The first-order valence-corrected chi connectivity index (χ1v) is 6.54. The molecule has 0 bridgehead atoms. The lowest BCUT2D eigenvalue weighted by Crippen LogP contribution is -2.15. The minimum Gasteiger partial charge on any atom is -0.478 e. The molecule has 0 aliphatic rings. The van der Waals surface area contributed by atoms with E-state index in [1.807, 2.05) is 6.92 Å². The molecule has 0 aliphatic carbocycles. The highest BCUT2D eigenvalue weighted by atomic mass is 16.5. The van der Waals surface area contributed by atoms with Gasteiger partial charge in [0, 0.05) is 5.69 Å². The van der Waals surface area contributed by atoms with Crippen molar-refractivity contribution in [1.29, 1.82) is 0 Å². The van der Waals surface area contributed by atoms with Gasteiger partial charge in [-0.05, 0) is 38.0 Å². The number of aromatic nitrogens is 1. The van der Waals surface area contributed by atoms with E-state index in [1.165, 1.54) is 6.07 Å². The molecule has 2 rings (SSSR count). The van der Waals surface area contributed by atoms with E-state index in [0.29, 0.717) is 34.7 Å². The van der Waals surface area contributed by atoms with E-state index in [1.54, 1.807) is 26.0 Å². The molecule has 0 saturated heterocycles. The molecule has 0 fully saturated rings. The molecule has 21 heavy (non-hydrogen) atoms. The number of carboxylic acid groups (broad SMARTS) is 1. The van der Waals surface area contributed by atoms with Gasteiger partial charge in [0.2, 0.25) is 0 Å². The van der Waals surface area contributed by atoms with Crippen LogP contribution in [-0.4, -0.2) is 22.1 Å². The van der Waals surface area contributed by atoms with Crippen LogP contribution in [0, 0.1) is 13.8 Å². The van der Waals surface area contributed by atoms with Gasteiger partial charge in [0.25, 0.3) is 5.91 Å². The standard InChI is InChI=1S/C15H16N2O4/c1-4-12-13(9(3)21-17-12)14(18)16-10-6-5-8(2)11(7-10)15(19)20/h5-7H,4H2,1-3H3,(H,16,18)(H,19,20). The minimum absolute atomic E-state index is 0.158. The summed E-state index contributed by atoms with van der Waals surface area (Å²) in [6.45, 7) is 5.25. The lowest BCUT2D eigenvalue weighted by Gasteiger charge is -2.08. The van der Waals surface area contributed by atoms with Crippen molar-refractivity contribution in [2.24, 2.45) is 0 Å². The van der Waals surface area contributed by atoms with Crippen molar-refractivity contribution in [3.8, 4) is 0 Å². The van der Waals surface area contributed by atoms with Crippen LogP contribution in [0.15, 0.2) is 22.7 Å². The maximum atomic E-state index is 12.3. The van der Waals surface area contributed by atoms with Crippen molar-refractivity contribution in [2.45, 2.75) is 27.2 Å². The number of carbonyl (C=O) groups is 2. The zero-order valence-corrected chi connectivity index (χ0v) is 12.1. The first kappa shape index (κ1) is 14.8. The SMILES string of the molecule is CCc1noc(C)c1C(=O)Nc1ccc(C)c(C(=O)O)c1. The van der Waals surface area contributed by atoms with Crippen LogP contribution >= 0.6 is 0 Å². The molecule has 0 saturated carbocycles. The molecule has 0 radical (unpaired) electrons. The Balaban J connectivity index is 2.30. The number of amides is 1. The Morgan fingerprint density at radius 3 is 2.67 bits per heavy atom. The summed E-state index contributed by atoms with van der Waals surface area (Å²) in [6.07, 6.45) is 0.578. The van der Waals surface area contributed by atoms with E-state index in [-0.39, 0.29) is 11.5 Å². The molecule has 0 atom stereocenters. The van der Waals surface area contributed by atoms with Crippen molar-refractivity contribution >= 4 is 17.6 Å². The summed E-state index contributed by atoms with van der Waals surface area (Å²) >= 11 is 0. The maximum absolute atomic E-state index is 12.3. The summed E-state index contributed by atoms with van der Waals surface area (Å²) in [5.74, 6) is -0.945. The molecular weight excluding hydrogens is 272 g/mol. The summed E-state index contributed by atoms with van der Waals surface area (Å²) < 4.78 is 5.02. The molecular formula is C15H16N2O4. The predicted molar refractivity (Wildman–Crippen MR) is 76.7 cm³/mol. The number of aromatic carboxylic acids is 1. The third kappa shape index (κ3) is 2.94. The van der Waals surface area contributed by atoms with Crippen LogP contribution in [-0.2, 0) is 6.42 Å². The third-order valence-corrected chi connectivity index (χ3v) is 3.22. The highest BCUT2D eigenvalue weighted by molar-refractivity contribution is 6.06. The second-order valence-corrected chi connectivity index (χ2v) is 4.70. The number of hydrogen-bond acceptors (Lipinski definition) is 4. The molecule has 2 aromatic rings. The number of anilines is 1. The Labute approximate surface area is 121 Å². The molecule has 1 aromatic heterocycles. The molecule has 1 amide bonds. The second-order valence-electron chi connectivity index (χ2n) is 4.70. The topological polar surface area (TPSA) is 92.4 Å². The lowest BCUT2D eigenvalue weighted by molar-refractivity contribution is 0.0695. The summed E-state index contributed by atoms with van der Waals surface area (Å²) in [6, 6.07) is 4.75. The van der Waals surface area contributed by atoms with Gasteiger partial charge in [-0.25, -0.2) is 4.79 Å². The number of nitrogens with zero attached hydrogens (tertiary/aromatic N) is 1. The van der Waals surface area contributed by atoms with Crippen LogP contribution in [0.3, 0.4) is 0 Å². The maximum Gasteiger partial charge on any atom is 0.336 e. The van der Waals surface area contributed by atoms with E-state index >= 15 is 0 Å². The number of aryl methyl sites for hydroxylation is 3. The predicted octanol–water partition coefficient (Wildman–Crippen LogP) is 2.80. The Morgan fingerprint density at radius 1 is 1.33 bits per heavy atom. The normalized spacial score (nSPS) is 10.4. The third-order valence-electron chi connectivity index (χ3n) is 3.22. The summed E-state index contributed by atoms with van der Waals surface area (Å²) in [5.41, 5.74) is 2.19. The van der Waals surface area contributed by atoms with Crippen molar-refractivity contribution < 1.29 is 19.2 Å². The number of rotatable bonds is 4. The monoisotopic (exact) mass is 288 g/mol. The summed E-state index contributed by atoms with van der Waals surface area (Å²) in [5, 5.41) is 15.6. The quantitative estimate of drug-likeness (QED) is 0.902. The lowest BCUT2D eigenvalue weighted by atomic mass is 10.1. The largest absolute Gasteiger partial charge is 0.478 e. The summed E-state index contributed by atoms with van der Waals surface area (Å²) in [4.78, 5) is 23.4. The molecule has 2 N–H and O–H groups in total. The van der Waals surface area contributed by atoms with Crippen molar-refractivity contribution in [1.82, 2.24) is 5.16 Å². The van der Waals surface area contributed by atoms with E-state index in [0.717, 1.165) is 0 Å². The second kappa shape index (κ2) is 5.78. The fourth-order valence-electron chi connectivity index (χ4n) is 2.07. The first-order valence-electron chi connectivity index (χ1n) is 6.54. The molecule has 6 heteroatoms.